The van der Waals surface area contributed by atoms with Crippen molar-refractivity contribution in [1.82, 2.24) is 15.3 Å². The first-order chi connectivity index (χ1) is 22.1. The van der Waals surface area contributed by atoms with Gasteiger partial charge in [-0.2, -0.15) is 11.8 Å². The van der Waals surface area contributed by atoms with E-state index >= 15 is 0 Å². The largest absolute Gasteiger partial charge is 0.396 e. The van der Waals surface area contributed by atoms with Gasteiger partial charge in [-0.3, -0.25) is 9.78 Å². The van der Waals surface area contributed by atoms with Gasteiger partial charge in [0.15, 0.2) is 6.29 Å². The Bertz CT molecular complexity index is 1730. The van der Waals surface area contributed by atoms with Crippen molar-refractivity contribution in [2.45, 2.75) is 38.1 Å². The molecular formula is C36H35N3O5S. The number of hydrogen-bond donors (Lipinski definition) is 3. The van der Waals surface area contributed by atoms with Crippen LogP contribution in [-0.4, -0.2) is 50.3 Å². The molecule has 3 atom stereocenters. The lowest BCUT2D eigenvalue weighted by molar-refractivity contribution is -0.245. The van der Waals surface area contributed by atoms with Crippen molar-refractivity contribution in [2.24, 2.45) is 0 Å². The second kappa shape index (κ2) is 14.8. The van der Waals surface area contributed by atoms with Gasteiger partial charge in [0.25, 0.3) is 5.91 Å². The number of amides is 1. The normalized spacial score (nSPS) is 18.1. The molecule has 4 aromatic carbocycles. The molecule has 1 aromatic heterocycles. The predicted octanol–water partition coefficient (Wildman–Crippen LogP) is 5.99. The summed E-state index contributed by atoms with van der Waals surface area (Å²) in [6.07, 6.45) is 1.50. The first-order valence-electron chi connectivity index (χ1n) is 15.0. The summed E-state index contributed by atoms with van der Waals surface area (Å²) in [4.78, 5) is 21.6. The van der Waals surface area contributed by atoms with Gasteiger partial charge >= 0.3 is 0 Å². The number of aliphatic hydroxyl groups is 2. The third-order valence-corrected chi connectivity index (χ3v) is 8.81. The molecule has 8 nitrogen and oxygen atoms in total. The van der Waals surface area contributed by atoms with Crippen molar-refractivity contribution in [3.63, 3.8) is 0 Å². The van der Waals surface area contributed by atoms with Crippen LogP contribution in [0, 0.1) is 0 Å². The molecule has 1 aliphatic rings. The summed E-state index contributed by atoms with van der Waals surface area (Å²) in [7, 11) is 0. The fourth-order valence-electron chi connectivity index (χ4n) is 5.34. The van der Waals surface area contributed by atoms with Crippen LogP contribution in [0.15, 0.2) is 103 Å². The van der Waals surface area contributed by atoms with E-state index in [2.05, 4.69) is 33.5 Å². The van der Waals surface area contributed by atoms with Crippen LogP contribution in [0.5, 0.6) is 0 Å². The Morgan fingerprint density at radius 2 is 1.62 bits per heavy atom. The molecule has 1 aliphatic heterocycles. The standard InChI is InChI=1S/C36H35N3O5S/c40-16-17-45-23-30-19-34(27-10-8-24(22-41)9-11-27)44-36(43-30)28-14-12-26(13-15-28)29-5-3-4-25(18-29)20-38-35(42)33-21-37-31-6-1-2-7-32(31)39-33/h1-15,18,21,30,34,36,40-41H,16-17,19-20,22-23H2,(H,38,42)/t30-,34+,36+/m1/s1. The quantitative estimate of drug-likeness (QED) is 0.154. The maximum atomic E-state index is 12.8. The number of rotatable bonds is 11. The van der Waals surface area contributed by atoms with Gasteiger partial charge in [0.1, 0.15) is 5.69 Å². The Morgan fingerprint density at radius 1 is 0.844 bits per heavy atom. The summed E-state index contributed by atoms with van der Waals surface area (Å²) < 4.78 is 12.8. The number of para-hydroxylation sites is 2. The van der Waals surface area contributed by atoms with Crippen LogP contribution in [0.3, 0.4) is 0 Å². The highest BCUT2D eigenvalue weighted by Gasteiger charge is 2.32. The van der Waals surface area contributed by atoms with E-state index in [1.165, 1.54) is 6.20 Å². The van der Waals surface area contributed by atoms with Crippen LogP contribution >= 0.6 is 11.8 Å². The summed E-state index contributed by atoms with van der Waals surface area (Å²) in [5.74, 6) is 1.16. The molecule has 0 spiro atoms. The summed E-state index contributed by atoms with van der Waals surface area (Å²) in [6, 6.07) is 31.6. The number of carbonyl (C=O) groups is 1. The number of fused-ring (bicyclic) bond motifs is 1. The number of hydrogen-bond acceptors (Lipinski definition) is 8. The Kier molecular flexibility index (Phi) is 10.1. The number of thioether (sulfide) groups is 1. The van der Waals surface area contributed by atoms with E-state index in [1.807, 2.05) is 78.9 Å². The number of aromatic nitrogens is 2. The van der Waals surface area contributed by atoms with Crippen molar-refractivity contribution >= 4 is 28.7 Å². The molecule has 3 N–H and O–H groups in total. The minimum Gasteiger partial charge on any atom is -0.396 e. The number of benzene rings is 4. The molecule has 0 radical (unpaired) electrons. The van der Waals surface area contributed by atoms with Crippen molar-refractivity contribution in [2.75, 3.05) is 18.1 Å². The van der Waals surface area contributed by atoms with Crippen molar-refractivity contribution < 1.29 is 24.5 Å². The molecule has 0 unspecified atom stereocenters. The third kappa shape index (κ3) is 7.76. The third-order valence-electron chi connectivity index (χ3n) is 7.73. The average molecular weight is 622 g/mol. The number of aliphatic hydroxyl groups excluding tert-OH is 2. The van der Waals surface area contributed by atoms with Gasteiger partial charge in [-0.15, -0.1) is 0 Å². The SMILES string of the molecule is O=C(NCc1cccc(-c2ccc([C@H]3O[C@@H](CSCCO)C[C@@H](c4ccc(CO)cc4)O3)cc2)c1)c1cnc2ccccc2n1. The first kappa shape index (κ1) is 30.9. The van der Waals surface area contributed by atoms with Crippen molar-refractivity contribution in [3.8, 4) is 11.1 Å². The second-order valence-electron chi connectivity index (χ2n) is 10.9. The summed E-state index contributed by atoms with van der Waals surface area (Å²) in [5, 5.41) is 21.6. The molecule has 1 saturated heterocycles. The zero-order valence-corrected chi connectivity index (χ0v) is 25.5. The molecule has 9 heteroatoms. The lowest BCUT2D eigenvalue weighted by atomic mass is 9.99. The first-order valence-corrected chi connectivity index (χ1v) is 16.1. The monoisotopic (exact) mass is 621 g/mol. The molecule has 0 saturated carbocycles. The van der Waals surface area contributed by atoms with Crippen LogP contribution < -0.4 is 5.32 Å². The lowest BCUT2D eigenvalue weighted by Crippen LogP contribution is -2.31. The average Bonchev–Trinajstić information content (AvgIpc) is 3.10. The van der Waals surface area contributed by atoms with Gasteiger partial charge in [0, 0.05) is 30.0 Å². The zero-order chi connectivity index (χ0) is 31.0. The second-order valence-corrected chi connectivity index (χ2v) is 12.0. The molecule has 2 heterocycles. The molecular weight excluding hydrogens is 586 g/mol. The van der Waals surface area contributed by atoms with Crippen LogP contribution in [0.25, 0.3) is 22.2 Å². The van der Waals surface area contributed by atoms with E-state index in [0.29, 0.717) is 24.2 Å². The number of carbonyl (C=O) groups excluding carboxylic acids is 1. The number of ether oxygens (including phenoxy) is 2. The summed E-state index contributed by atoms with van der Waals surface area (Å²) in [6.45, 7) is 0.499. The molecule has 0 bridgehead atoms. The van der Waals surface area contributed by atoms with Crippen LogP contribution in [0.4, 0.5) is 0 Å². The fourth-order valence-corrected chi connectivity index (χ4v) is 6.11. The Balaban J connectivity index is 1.13. The highest BCUT2D eigenvalue weighted by atomic mass is 32.2. The highest BCUT2D eigenvalue weighted by Crippen LogP contribution is 2.39. The van der Waals surface area contributed by atoms with Gasteiger partial charge in [-0.1, -0.05) is 78.9 Å². The maximum absolute atomic E-state index is 12.8. The predicted molar refractivity (Wildman–Crippen MR) is 175 cm³/mol. The zero-order valence-electron chi connectivity index (χ0n) is 24.7. The fraction of sp³-hybridized carbons (Fsp3) is 0.250. The lowest BCUT2D eigenvalue weighted by Gasteiger charge is -2.36. The number of nitrogens with zero attached hydrogens (tertiary/aromatic N) is 2. The molecule has 45 heavy (non-hydrogen) atoms. The van der Waals surface area contributed by atoms with Crippen molar-refractivity contribution in [3.05, 3.63) is 131 Å². The smallest absolute Gasteiger partial charge is 0.271 e. The van der Waals surface area contributed by atoms with Gasteiger partial charge in [0.2, 0.25) is 0 Å². The topological polar surface area (TPSA) is 114 Å². The van der Waals surface area contributed by atoms with Crippen molar-refractivity contribution in [1.29, 1.82) is 0 Å². The molecule has 6 rings (SSSR count). The van der Waals surface area contributed by atoms with Gasteiger partial charge in [-0.05, 0) is 46.0 Å². The minimum atomic E-state index is -0.533. The molecule has 1 fully saturated rings. The summed E-state index contributed by atoms with van der Waals surface area (Å²) >= 11 is 1.67. The Labute approximate surface area is 266 Å². The highest BCUT2D eigenvalue weighted by molar-refractivity contribution is 7.99. The van der Waals surface area contributed by atoms with Crippen LogP contribution in [-0.2, 0) is 22.6 Å². The van der Waals surface area contributed by atoms with E-state index in [1.54, 1.807) is 11.8 Å². The van der Waals surface area contributed by atoms with Gasteiger partial charge < -0.3 is 25.0 Å². The van der Waals surface area contributed by atoms with Gasteiger partial charge in [0.05, 0.1) is 42.7 Å². The molecule has 1 amide bonds. The Morgan fingerprint density at radius 3 is 2.40 bits per heavy atom. The van der Waals surface area contributed by atoms with E-state index in [9.17, 15) is 15.0 Å². The summed E-state index contributed by atoms with van der Waals surface area (Å²) in [5.41, 5.74) is 7.58. The molecule has 5 aromatic rings. The number of nitrogens with one attached hydrogen (secondary N) is 1. The van der Waals surface area contributed by atoms with E-state index in [-0.39, 0.29) is 37.0 Å². The maximum Gasteiger partial charge on any atom is 0.271 e. The van der Waals surface area contributed by atoms with E-state index < -0.39 is 6.29 Å². The minimum absolute atomic E-state index is 0.00235. The van der Waals surface area contributed by atoms with Gasteiger partial charge in [-0.25, -0.2) is 4.98 Å². The molecule has 0 aliphatic carbocycles. The van der Waals surface area contributed by atoms with E-state index in [4.69, 9.17) is 9.47 Å². The van der Waals surface area contributed by atoms with Crippen LogP contribution in [0.2, 0.25) is 0 Å². The van der Waals surface area contributed by atoms with E-state index in [0.717, 1.165) is 44.7 Å². The Hall–Kier alpha value is -4.12. The van der Waals surface area contributed by atoms with Crippen LogP contribution in [0.1, 0.15) is 51.6 Å². The molecule has 230 valence electrons.